The van der Waals surface area contributed by atoms with Crippen LogP contribution in [-0.4, -0.2) is 40.2 Å². The number of thiophene rings is 1. The normalized spacial score (nSPS) is 17.2. The summed E-state index contributed by atoms with van der Waals surface area (Å²) >= 11 is 1.60. The van der Waals surface area contributed by atoms with Crippen molar-refractivity contribution in [1.82, 2.24) is 15.1 Å². The highest BCUT2D eigenvalue weighted by molar-refractivity contribution is 7.09. The summed E-state index contributed by atoms with van der Waals surface area (Å²) in [5.74, 6) is 2.91. The van der Waals surface area contributed by atoms with Crippen molar-refractivity contribution in [3.05, 3.63) is 78.0 Å². The maximum absolute atomic E-state index is 11.5. The van der Waals surface area contributed by atoms with Crippen LogP contribution in [0, 0.1) is 31.6 Å². The van der Waals surface area contributed by atoms with Gasteiger partial charge in [-0.15, -0.1) is 11.3 Å². The smallest absolute Gasteiger partial charge is 0.286 e. The average Bonchev–Trinajstić information content (AvgIpc) is 3.43. The van der Waals surface area contributed by atoms with E-state index in [1.807, 2.05) is 31.4 Å². The molecule has 0 bridgehead atoms. The molecule has 1 aliphatic carbocycles. The summed E-state index contributed by atoms with van der Waals surface area (Å²) in [6.45, 7) is 15.0. The minimum atomic E-state index is -0.311. The molecule has 8 nitrogen and oxygen atoms in total. The van der Waals surface area contributed by atoms with Crippen LogP contribution < -0.4 is 16.4 Å². The van der Waals surface area contributed by atoms with Crippen LogP contribution in [0.3, 0.4) is 0 Å². The lowest BCUT2D eigenvalue weighted by atomic mass is 9.68. The van der Waals surface area contributed by atoms with Gasteiger partial charge in [-0.2, -0.15) is 0 Å². The summed E-state index contributed by atoms with van der Waals surface area (Å²) in [6, 6.07) is 9.04. The number of carbonyl (C=O) groups is 1. The number of nitrogens with zero attached hydrogens (tertiary/aromatic N) is 1. The number of H-pyrrole nitrogens is 2. The van der Waals surface area contributed by atoms with Crippen LogP contribution in [0.1, 0.15) is 67.4 Å². The van der Waals surface area contributed by atoms with Crippen molar-refractivity contribution in [1.29, 1.82) is 0 Å². The maximum atomic E-state index is 11.5. The number of benzene rings is 1. The number of phenolic OH excluding ortho intramolecular Hbond substituents is 1. The molecule has 2 atom stereocenters. The number of aromatic hydroxyl groups is 1. The number of carbonyl (C=O) groups excluding carboxylic acids is 1. The van der Waals surface area contributed by atoms with Gasteiger partial charge in [0.1, 0.15) is 11.4 Å². The lowest BCUT2D eigenvalue weighted by molar-refractivity contribution is 0.0824. The maximum Gasteiger partial charge on any atom is 0.286 e. The molecular formula is C29H44N4O4S. The van der Waals surface area contributed by atoms with Gasteiger partial charge >= 0.3 is 0 Å². The molecule has 1 fully saturated rings. The zero-order valence-electron chi connectivity index (χ0n) is 24.1. The summed E-state index contributed by atoms with van der Waals surface area (Å²) in [6.07, 6.45) is 1.46. The topological polar surface area (TPSA) is 118 Å². The van der Waals surface area contributed by atoms with Crippen LogP contribution in [0.15, 0.2) is 45.3 Å². The van der Waals surface area contributed by atoms with Crippen molar-refractivity contribution in [3.63, 3.8) is 0 Å². The SMILES string of the molecule is CC.CC1CC(C)C1C.Cc1c(NCc2cccs2)c(=O)[nH][nH]c1=O.Cc1cccc(C(=O)N(C)C)c1O. The summed E-state index contributed by atoms with van der Waals surface area (Å²) in [7, 11) is 3.31. The van der Waals surface area contributed by atoms with Gasteiger partial charge in [0.15, 0.2) is 0 Å². The molecule has 38 heavy (non-hydrogen) atoms. The fourth-order valence-electron chi connectivity index (χ4n) is 3.81. The van der Waals surface area contributed by atoms with Crippen molar-refractivity contribution in [3.8, 4) is 5.75 Å². The van der Waals surface area contributed by atoms with Crippen LogP contribution >= 0.6 is 11.3 Å². The standard InChI is InChI=1S/C10H11N3O2S.C10H13NO2.C7H14.C2H6/c1-6-8(10(15)13-12-9(6)14)11-5-7-3-2-4-16-7;1-7-5-4-6-8(9(7)12)10(13)11(2)3;1-5-4-6(2)7(5)3;1-2/h2-4H,5H2,1H3,(H,13,15)(H2,11,12,14);4-6,12H,1-3H3;5-7H,4H2,1-3H3;1-2H3. The first kappa shape index (κ1) is 32.7. The molecule has 2 heterocycles. The number of phenols is 1. The number of anilines is 1. The first-order valence-electron chi connectivity index (χ1n) is 13.0. The summed E-state index contributed by atoms with van der Waals surface area (Å²) < 4.78 is 0. The third-order valence-corrected chi connectivity index (χ3v) is 7.54. The molecule has 9 heteroatoms. The van der Waals surface area contributed by atoms with Gasteiger partial charge in [0.2, 0.25) is 0 Å². The van der Waals surface area contributed by atoms with Crippen LogP contribution in [0.5, 0.6) is 5.75 Å². The number of nitrogens with one attached hydrogen (secondary N) is 3. The van der Waals surface area contributed by atoms with Crippen LogP contribution in [-0.2, 0) is 6.54 Å². The van der Waals surface area contributed by atoms with E-state index in [2.05, 4.69) is 36.3 Å². The molecule has 2 unspecified atom stereocenters. The second-order valence-corrected chi connectivity index (χ2v) is 10.6. The number of aromatic amines is 2. The quantitative estimate of drug-likeness (QED) is 0.332. The first-order chi connectivity index (χ1) is 17.9. The minimum absolute atomic E-state index is 0.0706. The Hall–Kier alpha value is -3.33. The molecule has 4 rings (SSSR count). The second-order valence-electron chi connectivity index (χ2n) is 9.56. The largest absolute Gasteiger partial charge is 0.507 e. The summed E-state index contributed by atoms with van der Waals surface area (Å²) in [5.41, 5.74) is 1.21. The number of hydrogen-bond donors (Lipinski definition) is 4. The zero-order chi connectivity index (χ0) is 29.0. The van der Waals surface area contributed by atoms with Crippen molar-refractivity contribution < 1.29 is 9.90 Å². The first-order valence-corrected chi connectivity index (χ1v) is 13.9. The Morgan fingerprint density at radius 3 is 2.11 bits per heavy atom. The number of aromatic nitrogens is 2. The van der Waals surface area contributed by atoms with Gasteiger partial charge in [0.05, 0.1) is 5.56 Å². The molecule has 4 N–H and O–H groups in total. The van der Waals surface area contributed by atoms with E-state index in [0.29, 0.717) is 28.9 Å². The van der Waals surface area contributed by atoms with Crippen LogP contribution in [0.25, 0.3) is 0 Å². The highest BCUT2D eigenvalue weighted by atomic mass is 32.1. The fraction of sp³-hybridized carbons (Fsp3) is 0.483. The molecule has 0 radical (unpaired) electrons. The molecule has 3 aromatic rings. The third-order valence-electron chi connectivity index (χ3n) is 6.66. The van der Waals surface area contributed by atoms with Crippen molar-refractivity contribution in [2.45, 2.75) is 61.4 Å². The van der Waals surface area contributed by atoms with Gasteiger partial charge in [0.25, 0.3) is 17.0 Å². The average molecular weight is 545 g/mol. The Labute approximate surface area is 230 Å². The van der Waals surface area contributed by atoms with E-state index in [4.69, 9.17) is 0 Å². The number of rotatable bonds is 4. The van der Waals surface area contributed by atoms with Gasteiger partial charge < -0.3 is 15.3 Å². The number of amides is 1. The highest BCUT2D eigenvalue weighted by Gasteiger charge is 2.29. The van der Waals surface area contributed by atoms with Crippen molar-refractivity contribution >= 4 is 22.9 Å². The Balaban J connectivity index is 0.000000294. The molecule has 0 aliphatic heterocycles. The number of para-hydroxylation sites is 1. The lowest BCUT2D eigenvalue weighted by Gasteiger charge is -2.38. The van der Waals surface area contributed by atoms with Crippen LogP contribution in [0.2, 0.25) is 0 Å². The summed E-state index contributed by atoms with van der Waals surface area (Å²) in [4.78, 5) is 36.8. The molecule has 210 valence electrons. The number of aryl methyl sites for hydroxylation is 1. The number of hydrogen-bond acceptors (Lipinski definition) is 6. The molecule has 0 saturated heterocycles. The lowest BCUT2D eigenvalue weighted by Crippen LogP contribution is -2.29. The van der Waals surface area contributed by atoms with Crippen LogP contribution in [0.4, 0.5) is 5.69 Å². The van der Waals surface area contributed by atoms with E-state index < -0.39 is 0 Å². The summed E-state index contributed by atoms with van der Waals surface area (Å²) in [5, 5.41) is 19.1. The van der Waals surface area contributed by atoms with Gasteiger partial charge in [-0.1, -0.05) is 52.8 Å². The van der Waals surface area contributed by atoms with E-state index in [1.165, 1.54) is 11.3 Å². The van der Waals surface area contributed by atoms with E-state index in [0.717, 1.165) is 22.6 Å². The van der Waals surface area contributed by atoms with Gasteiger partial charge in [-0.3, -0.25) is 24.6 Å². The molecule has 1 amide bonds. The van der Waals surface area contributed by atoms with Gasteiger partial charge in [-0.25, -0.2) is 0 Å². The molecule has 1 aliphatic rings. The molecule has 1 aromatic carbocycles. The monoisotopic (exact) mass is 544 g/mol. The second kappa shape index (κ2) is 15.8. The molecule has 0 spiro atoms. The third kappa shape index (κ3) is 9.20. The fourth-order valence-corrected chi connectivity index (χ4v) is 4.45. The van der Waals surface area contributed by atoms with Crippen molar-refractivity contribution in [2.75, 3.05) is 19.4 Å². The van der Waals surface area contributed by atoms with Gasteiger partial charge in [0, 0.05) is 31.1 Å². The minimum Gasteiger partial charge on any atom is -0.507 e. The Kier molecular flexibility index (Phi) is 13.6. The molecular weight excluding hydrogens is 500 g/mol. The van der Waals surface area contributed by atoms with E-state index in [-0.39, 0.29) is 22.8 Å². The molecule has 1 saturated carbocycles. The van der Waals surface area contributed by atoms with Gasteiger partial charge in [-0.05, 0) is 61.1 Å². The highest BCUT2D eigenvalue weighted by Crippen LogP contribution is 2.38. The van der Waals surface area contributed by atoms with E-state index in [1.54, 1.807) is 57.5 Å². The van der Waals surface area contributed by atoms with E-state index >= 15 is 0 Å². The van der Waals surface area contributed by atoms with Crippen molar-refractivity contribution in [2.24, 2.45) is 17.8 Å². The Morgan fingerprint density at radius 1 is 1.03 bits per heavy atom. The Bertz CT molecular complexity index is 1240. The zero-order valence-corrected chi connectivity index (χ0v) is 25.0. The predicted molar refractivity (Wildman–Crippen MR) is 158 cm³/mol. The predicted octanol–water partition coefficient (Wildman–Crippen LogP) is 5.77. The van der Waals surface area contributed by atoms with E-state index in [9.17, 15) is 19.5 Å². The molecule has 2 aromatic heterocycles. The Morgan fingerprint density at radius 2 is 1.63 bits per heavy atom.